The number of aromatic nitrogens is 3. The van der Waals surface area contributed by atoms with Crippen LogP contribution in [0.5, 0.6) is 0 Å². The summed E-state index contributed by atoms with van der Waals surface area (Å²) in [5.74, 6) is 1.04. The van der Waals surface area contributed by atoms with E-state index in [0.29, 0.717) is 23.8 Å². The zero-order chi connectivity index (χ0) is 20.8. The molecule has 2 aromatic carbocycles. The number of nitrogens with one attached hydrogen (secondary N) is 1. The number of carbonyl (C=O) groups excluding carboxylic acids is 1. The molecule has 3 aromatic rings. The van der Waals surface area contributed by atoms with Gasteiger partial charge >= 0.3 is 0 Å². The van der Waals surface area contributed by atoms with Crippen molar-refractivity contribution in [2.45, 2.75) is 32.2 Å². The Balaban J connectivity index is 1.65. The van der Waals surface area contributed by atoms with E-state index in [1.807, 2.05) is 31.2 Å². The van der Waals surface area contributed by atoms with E-state index in [-0.39, 0.29) is 17.5 Å². The number of hydrogen-bond acceptors (Lipinski definition) is 6. The minimum absolute atomic E-state index is 0.0177. The smallest absolute Gasteiger partial charge is 0.270 e. The van der Waals surface area contributed by atoms with Gasteiger partial charge in [0, 0.05) is 35.4 Å². The lowest BCUT2D eigenvalue weighted by Gasteiger charge is -2.32. The van der Waals surface area contributed by atoms with Crippen molar-refractivity contribution in [3.63, 3.8) is 0 Å². The molecule has 8 nitrogen and oxygen atoms in total. The van der Waals surface area contributed by atoms with Crippen LogP contribution in [-0.4, -0.2) is 25.5 Å². The van der Waals surface area contributed by atoms with Gasteiger partial charge in [-0.2, -0.15) is 4.98 Å². The topological polar surface area (TPSA) is 103 Å². The van der Waals surface area contributed by atoms with E-state index in [1.165, 1.54) is 12.1 Å². The largest absolute Gasteiger partial charge is 0.328 e. The fraction of sp³-hybridized carbons (Fsp3) is 0.227. The first-order chi connectivity index (χ1) is 14.5. The predicted octanol–water partition coefficient (Wildman–Crippen LogP) is 4.18. The van der Waals surface area contributed by atoms with E-state index in [4.69, 9.17) is 0 Å². The van der Waals surface area contributed by atoms with Crippen LogP contribution in [0.15, 0.2) is 59.8 Å². The summed E-state index contributed by atoms with van der Waals surface area (Å²) in [6, 6.07) is 13.9. The quantitative estimate of drug-likeness (QED) is 0.522. The summed E-state index contributed by atoms with van der Waals surface area (Å²) >= 11 is 0. The van der Waals surface area contributed by atoms with Gasteiger partial charge in [-0.3, -0.25) is 14.9 Å². The molecule has 0 fully saturated rings. The van der Waals surface area contributed by atoms with Crippen LogP contribution in [0.3, 0.4) is 0 Å². The number of non-ortho nitro benzene ring substituents is 1. The highest BCUT2D eigenvalue weighted by Gasteiger charge is 2.36. The summed E-state index contributed by atoms with van der Waals surface area (Å²) in [6.07, 6.45) is 2.10. The molecule has 0 saturated heterocycles. The molecule has 30 heavy (non-hydrogen) atoms. The second-order valence-corrected chi connectivity index (χ2v) is 7.62. The predicted molar refractivity (Wildman–Crippen MR) is 111 cm³/mol. The number of allylic oxidation sites excluding steroid dienone is 2. The van der Waals surface area contributed by atoms with Gasteiger partial charge in [-0.05, 0) is 25.3 Å². The maximum absolute atomic E-state index is 12.9. The molecule has 0 bridgehead atoms. The Hall–Kier alpha value is -3.81. The molecular weight excluding hydrogens is 382 g/mol. The van der Waals surface area contributed by atoms with Crippen LogP contribution in [0.25, 0.3) is 11.4 Å². The minimum Gasteiger partial charge on any atom is -0.328 e. The first kappa shape index (κ1) is 18.2. The van der Waals surface area contributed by atoms with E-state index in [9.17, 15) is 14.9 Å². The van der Waals surface area contributed by atoms with Crippen LogP contribution in [0.1, 0.15) is 36.4 Å². The van der Waals surface area contributed by atoms with Gasteiger partial charge in [-0.1, -0.05) is 42.0 Å². The third-order valence-electron chi connectivity index (χ3n) is 5.58. The zero-order valence-corrected chi connectivity index (χ0v) is 16.3. The van der Waals surface area contributed by atoms with Crippen LogP contribution in [0.4, 0.5) is 11.6 Å². The van der Waals surface area contributed by atoms with Gasteiger partial charge in [0.2, 0.25) is 5.95 Å². The van der Waals surface area contributed by atoms with E-state index in [1.54, 1.807) is 16.8 Å². The zero-order valence-electron chi connectivity index (χ0n) is 16.3. The lowest BCUT2D eigenvalue weighted by molar-refractivity contribution is -0.384. The van der Waals surface area contributed by atoms with Crippen molar-refractivity contribution >= 4 is 17.4 Å². The molecule has 150 valence electrons. The molecule has 0 saturated carbocycles. The first-order valence-corrected chi connectivity index (χ1v) is 9.82. The Morgan fingerprint density at radius 3 is 2.73 bits per heavy atom. The van der Waals surface area contributed by atoms with Gasteiger partial charge in [-0.25, -0.2) is 4.68 Å². The van der Waals surface area contributed by atoms with Crippen molar-refractivity contribution in [3.8, 4) is 11.4 Å². The summed E-state index contributed by atoms with van der Waals surface area (Å²) in [5, 5.41) is 19.1. The normalized spacial score (nSPS) is 17.9. The third-order valence-corrected chi connectivity index (χ3v) is 5.58. The standard InChI is InChI=1S/C22H19N5O3/c1-13-8-10-14(11-9-13)20-19-17(6-3-7-18(19)28)23-22-24-21(25-26(20)22)15-4-2-5-16(12-15)27(29)30/h2,4-5,8-12,20H,3,6-7H2,1H3,(H,23,24,25). The van der Waals surface area contributed by atoms with Gasteiger partial charge in [0.25, 0.3) is 5.69 Å². The van der Waals surface area contributed by atoms with Gasteiger partial charge in [-0.15, -0.1) is 5.10 Å². The number of nitro benzene ring substituents is 1. The Morgan fingerprint density at radius 1 is 1.17 bits per heavy atom. The van der Waals surface area contributed by atoms with Gasteiger partial charge in [0.15, 0.2) is 11.6 Å². The van der Waals surface area contributed by atoms with Crippen LogP contribution < -0.4 is 5.32 Å². The summed E-state index contributed by atoms with van der Waals surface area (Å²) in [6.45, 7) is 2.02. The number of anilines is 1. The second kappa shape index (κ2) is 6.91. The monoisotopic (exact) mass is 401 g/mol. The van der Waals surface area contributed by atoms with Gasteiger partial charge < -0.3 is 5.32 Å². The number of benzene rings is 2. The fourth-order valence-corrected chi connectivity index (χ4v) is 4.09. The highest BCUT2D eigenvalue weighted by molar-refractivity contribution is 5.99. The summed E-state index contributed by atoms with van der Waals surface area (Å²) in [4.78, 5) is 28.2. The van der Waals surface area contributed by atoms with Crippen molar-refractivity contribution in [3.05, 3.63) is 81.0 Å². The molecule has 8 heteroatoms. The Kier molecular flexibility index (Phi) is 4.20. The van der Waals surface area contributed by atoms with Crippen molar-refractivity contribution in [2.24, 2.45) is 0 Å². The maximum Gasteiger partial charge on any atom is 0.270 e. The Labute approximate surface area is 172 Å². The van der Waals surface area contributed by atoms with Gasteiger partial charge in [0.1, 0.15) is 6.04 Å². The molecule has 1 unspecified atom stereocenters. The van der Waals surface area contributed by atoms with Crippen molar-refractivity contribution in [2.75, 3.05) is 5.32 Å². The number of fused-ring (bicyclic) bond motifs is 1. The molecular formula is C22H19N5O3. The van der Waals surface area contributed by atoms with Crippen LogP contribution in [-0.2, 0) is 4.79 Å². The van der Waals surface area contributed by atoms with Crippen LogP contribution >= 0.6 is 0 Å². The fourth-order valence-electron chi connectivity index (χ4n) is 4.09. The molecule has 0 amide bonds. The third kappa shape index (κ3) is 2.97. The second-order valence-electron chi connectivity index (χ2n) is 7.62. The Bertz CT molecular complexity index is 1210. The number of nitrogens with zero attached hydrogens (tertiary/aromatic N) is 4. The molecule has 2 heterocycles. The number of carbonyl (C=O) groups is 1. The number of ketones is 1. The number of aryl methyl sites for hydroxylation is 1. The van der Waals surface area contributed by atoms with E-state index < -0.39 is 4.92 Å². The van der Waals surface area contributed by atoms with Crippen LogP contribution in [0, 0.1) is 17.0 Å². The summed E-state index contributed by atoms with van der Waals surface area (Å²) in [7, 11) is 0. The Morgan fingerprint density at radius 2 is 1.97 bits per heavy atom. The molecule has 1 N–H and O–H groups in total. The molecule has 0 radical (unpaired) electrons. The van der Waals surface area contributed by atoms with Crippen molar-refractivity contribution in [1.82, 2.24) is 14.8 Å². The highest BCUT2D eigenvalue weighted by Crippen LogP contribution is 2.40. The molecule has 1 atom stereocenters. The first-order valence-electron chi connectivity index (χ1n) is 9.82. The molecule has 5 rings (SSSR count). The average Bonchev–Trinajstić information content (AvgIpc) is 3.17. The molecule has 2 aliphatic rings. The molecule has 0 spiro atoms. The lowest BCUT2D eigenvalue weighted by atomic mass is 9.85. The molecule has 1 aromatic heterocycles. The minimum atomic E-state index is -0.439. The van der Waals surface area contributed by atoms with E-state index in [2.05, 4.69) is 15.4 Å². The van der Waals surface area contributed by atoms with Crippen molar-refractivity contribution < 1.29 is 9.72 Å². The van der Waals surface area contributed by atoms with Gasteiger partial charge in [0.05, 0.1) is 4.92 Å². The maximum atomic E-state index is 12.9. The van der Waals surface area contributed by atoms with Crippen molar-refractivity contribution in [1.29, 1.82) is 0 Å². The lowest BCUT2D eigenvalue weighted by Crippen LogP contribution is -2.31. The van der Waals surface area contributed by atoms with E-state index in [0.717, 1.165) is 35.2 Å². The molecule has 1 aliphatic carbocycles. The summed E-state index contributed by atoms with van der Waals surface area (Å²) in [5.41, 5.74) is 4.25. The number of rotatable bonds is 3. The SMILES string of the molecule is Cc1ccc(C2C3=C(CCCC3=O)Nc3nc(-c4cccc([N+](=O)[O-])c4)nn32)cc1. The number of nitro groups is 1. The number of hydrogen-bond donors (Lipinski definition) is 1. The van der Waals surface area contributed by atoms with E-state index >= 15 is 0 Å². The summed E-state index contributed by atoms with van der Waals surface area (Å²) < 4.78 is 1.72. The average molecular weight is 401 g/mol. The highest BCUT2D eigenvalue weighted by atomic mass is 16.6. The molecule has 1 aliphatic heterocycles. The number of Topliss-reactive ketones (excluding diaryl/α,β-unsaturated/α-hetero) is 1. The van der Waals surface area contributed by atoms with Crippen LogP contribution in [0.2, 0.25) is 0 Å².